The van der Waals surface area contributed by atoms with Crippen molar-refractivity contribution in [3.05, 3.63) is 23.4 Å². The Morgan fingerprint density at radius 2 is 2.16 bits per heavy atom. The smallest absolute Gasteiger partial charge is 0.243 e. The van der Waals surface area contributed by atoms with Gasteiger partial charge in [0.1, 0.15) is 0 Å². The van der Waals surface area contributed by atoms with Crippen molar-refractivity contribution in [1.29, 1.82) is 0 Å². The minimum Gasteiger partial charge on any atom is -0.379 e. The molecule has 2 aromatic rings. The van der Waals surface area contributed by atoms with Gasteiger partial charge in [-0.2, -0.15) is 4.98 Å². The third-order valence-corrected chi connectivity index (χ3v) is 3.33. The summed E-state index contributed by atoms with van der Waals surface area (Å²) in [6.45, 7) is 5.44. The van der Waals surface area contributed by atoms with Crippen LogP contribution in [0, 0.1) is 0 Å². The van der Waals surface area contributed by atoms with E-state index in [1.54, 1.807) is 10.7 Å². The Balaban J connectivity index is 1.56. The summed E-state index contributed by atoms with van der Waals surface area (Å²) in [5, 5.41) is 8.21. The van der Waals surface area contributed by atoms with Gasteiger partial charge in [-0.1, -0.05) is 11.6 Å². The van der Waals surface area contributed by atoms with E-state index in [-0.39, 0.29) is 0 Å². The highest BCUT2D eigenvalue weighted by Gasteiger charge is 2.10. The first-order chi connectivity index (χ1) is 9.31. The number of hydrogen-bond donors (Lipinski definition) is 1. The number of nitrogens with zero attached hydrogens (tertiary/aromatic N) is 4. The van der Waals surface area contributed by atoms with Crippen molar-refractivity contribution < 1.29 is 4.74 Å². The van der Waals surface area contributed by atoms with Crippen molar-refractivity contribution in [2.24, 2.45) is 0 Å². The van der Waals surface area contributed by atoms with E-state index in [0.717, 1.165) is 45.0 Å². The first-order valence-electron chi connectivity index (χ1n) is 6.37. The standard InChI is InChI=1S/C12H16ClN5O/c13-10-1-2-11-15-12(16-18(11)9-10)14-3-4-17-5-7-19-8-6-17/h1-2,9H,3-8H2,(H,14,16). The van der Waals surface area contributed by atoms with Gasteiger partial charge in [-0.05, 0) is 12.1 Å². The maximum absolute atomic E-state index is 5.91. The first kappa shape index (κ1) is 12.7. The molecule has 1 aliphatic heterocycles. The molecule has 1 saturated heterocycles. The fourth-order valence-electron chi connectivity index (χ4n) is 2.08. The van der Waals surface area contributed by atoms with Crippen LogP contribution in [0.25, 0.3) is 5.65 Å². The Morgan fingerprint density at radius 3 is 3.00 bits per heavy atom. The van der Waals surface area contributed by atoms with Gasteiger partial charge in [0.2, 0.25) is 5.95 Å². The van der Waals surface area contributed by atoms with Crippen LogP contribution in [0.3, 0.4) is 0 Å². The van der Waals surface area contributed by atoms with Crippen LogP contribution in [0.1, 0.15) is 0 Å². The topological polar surface area (TPSA) is 54.7 Å². The Morgan fingerprint density at radius 1 is 1.32 bits per heavy atom. The number of aromatic nitrogens is 3. The molecule has 0 unspecified atom stereocenters. The number of halogens is 1. The fourth-order valence-corrected chi connectivity index (χ4v) is 2.24. The first-order valence-corrected chi connectivity index (χ1v) is 6.75. The van der Waals surface area contributed by atoms with E-state index in [1.807, 2.05) is 12.1 Å². The van der Waals surface area contributed by atoms with Crippen LogP contribution in [0.2, 0.25) is 5.02 Å². The van der Waals surface area contributed by atoms with E-state index < -0.39 is 0 Å². The molecule has 3 rings (SSSR count). The monoisotopic (exact) mass is 281 g/mol. The number of nitrogens with one attached hydrogen (secondary N) is 1. The lowest BCUT2D eigenvalue weighted by Crippen LogP contribution is -2.39. The zero-order valence-electron chi connectivity index (χ0n) is 10.5. The third-order valence-electron chi connectivity index (χ3n) is 3.11. The van der Waals surface area contributed by atoms with Gasteiger partial charge in [-0.15, -0.1) is 5.10 Å². The second-order valence-electron chi connectivity index (χ2n) is 4.47. The lowest BCUT2D eigenvalue weighted by atomic mass is 10.4. The molecule has 0 atom stereocenters. The van der Waals surface area contributed by atoms with Gasteiger partial charge in [0.25, 0.3) is 0 Å². The van der Waals surface area contributed by atoms with Gasteiger partial charge in [0.15, 0.2) is 5.65 Å². The summed E-state index contributed by atoms with van der Waals surface area (Å²) in [5.41, 5.74) is 0.790. The van der Waals surface area contributed by atoms with E-state index in [4.69, 9.17) is 16.3 Å². The van der Waals surface area contributed by atoms with Gasteiger partial charge in [-0.3, -0.25) is 4.90 Å². The summed E-state index contributed by atoms with van der Waals surface area (Å²) >= 11 is 5.91. The summed E-state index contributed by atoms with van der Waals surface area (Å²) in [4.78, 5) is 6.74. The zero-order valence-corrected chi connectivity index (χ0v) is 11.3. The van der Waals surface area contributed by atoms with Crippen molar-refractivity contribution in [1.82, 2.24) is 19.5 Å². The van der Waals surface area contributed by atoms with Crippen molar-refractivity contribution in [3.63, 3.8) is 0 Å². The molecule has 3 heterocycles. The molecule has 2 aromatic heterocycles. The number of anilines is 1. The number of hydrogen-bond acceptors (Lipinski definition) is 5. The molecule has 0 aromatic carbocycles. The van der Waals surface area contributed by atoms with Gasteiger partial charge in [0.05, 0.1) is 18.2 Å². The van der Waals surface area contributed by atoms with E-state index >= 15 is 0 Å². The summed E-state index contributed by atoms with van der Waals surface area (Å²) in [6.07, 6.45) is 1.75. The maximum atomic E-state index is 5.91. The summed E-state index contributed by atoms with van der Waals surface area (Å²) in [7, 11) is 0. The molecular formula is C12H16ClN5O. The van der Waals surface area contributed by atoms with Gasteiger partial charge in [0, 0.05) is 32.4 Å². The number of ether oxygens (including phenoxy) is 1. The van der Waals surface area contributed by atoms with Crippen LogP contribution >= 0.6 is 11.6 Å². The van der Waals surface area contributed by atoms with Crippen LogP contribution < -0.4 is 5.32 Å². The van der Waals surface area contributed by atoms with E-state index in [0.29, 0.717) is 11.0 Å². The molecule has 0 spiro atoms. The third kappa shape index (κ3) is 3.15. The number of pyridine rings is 1. The van der Waals surface area contributed by atoms with Crippen molar-refractivity contribution in [2.75, 3.05) is 44.7 Å². The van der Waals surface area contributed by atoms with Gasteiger partial charge in [-0.25, -0.2) is 4.52 Å². The quantitative estimate of drug-likeness (QED) is 0.910. The van der Waals surface area contributed by atoms with Crippen LogP contribution in [-0.2, 0) is 4.74 Å². The average molecular weight is 282 g/mol. The average Bonchev–Trinajstić information content (AvgIpc) is 2.82. The highest BCUT2D eigenvalue weighted by Crippen LogP contribution is 2.11. The van der Waals surface area contributed by atoms with Crippen molar-refractivity contribution in [3.8, 4) is 0 Å². The van der Waals surface area contributed by atoms with E-state index in [9.17, 15) is 0 Å². The van der Waals surface area contributed by atoms with Gasteiger partial charge >= 0.3 is 0 Å². The predicted molar refractivity (Wildman–Crippen MR) is 73.7 cm³/mol. The Labute approximate surface area is 116 Å². The molecule has 102 valence electrons. The molecule has 0 amide bonds. The second kappa shape index (κ2) is 5.73. The van der Waals surface area contributed by atoms with Crippen molar-refractivity contribution >= 4 is 23.2 Å². The van der Waals surface area contributed by atoms with Crippen LogP contribution in [-0.4, -0.2) is 58.9 Å². The molecule has 19 heavy (non-hydrogen) atoms. The zero-order chi connectivity index (χ0) is 13.1. The Bertz CT molecular complexity index is 552. The molecule has 1 aliphatic rings. The molecule has 0 saturated carbocycles. The van der Waals surface area contributed by atoms with Crippen molar-refractivity contribution in [2.45, 2.75) is 0 Å². The highest BCUT2D eigenvalue weighted by atomic mass is 35.5. The molecular weight excluding hydrogens is 266 g/mol. The normalized spacial score (nSPS) is 16.9. The molecule has 0 bridgehead atoms. The minimum atomic E-state index is 0.635. The predicted octanol–water partition coefficient (Wildman–Crippen LogP) is 1.13. The summed E-state index contributed by atoms with van der Waals surface area (Å²) in [5.74, 6) is 0.635. The van der Waals surface area contributed by atoms with Gasteiger partial charge < -0.3 is 10.1 Å². The lowest BCUT2D eigenvalue weighted by Gasteiger charge is -2.26. The SMILES string of the molecule is Clc1ccc2nc(NCCN3CCOCC3)nn2c1. The molecule has 1 fully saturated rings. The minimum absolute atomic E-state index is 0.635. The summed E-state index contributed by atoms with van der Waals surface area (Å²) in [6, 6.07) is 3.66. The molecule has 0 aliphatic carbocycles. The lowest BCUT2D eigenvalue weighted by molar-refractivity contribution is 0.0398. The number of rotatable bonds is 4. The Hall–Kier alpha value is -1.37. The second-order valence-corrected chi connectivity index (χ2v) is 4.90. The maximum Gasteiger partial charge on any atom is 0.243 e. The molecule has 1 N–H and O–H groups in total. The van der Waals surface area contributed by atoms with Crippen LogP contribution in [0.15, 0.2) is 18.3 Å². The van der Waals surface area contributed by atoms with Crippen LogP contribution in [0.4, 0.5) is 5.95 Å². The van der Waals surface area contributed by atoms with Crippen LogP contribution in [0.5, 0.6) is 0 Å². The fraction of sp³-hybridized carbons (Fsp3) is 0.500. The van der Waals surface area contributed by atoms with E-state index in [1.165, 1.54) is 0 Å². The number of morpholine rings is 1. The molecule has 7 heteroatoms. The highest BCUT2D eigenvalue weighted by molar-refractivity contribution is 6.30. The molecule has 0 radical (unpaired) electrons. The Kier molecular flexibility index (Phi) is 3.82. The number of fused-ring (bicyclic) bond motifs is 1. The largest absolute Gasteiger partial charge is 0.379 e. The molecule has 6 nitrogen and oxygen atoms in total. The van der Waals surface area contributed by atoms with E-state index in [2.05, 4.69) is 20.3 Å². The summed E-state index contributed by atoms with van der Waals surface area (Å²) < 4.78 is 6.99.